The molecular weight excluding hydrogens is 483 g/mol. The van der Waals surface area contributed by atoms with Gasteiger partial charge < -0.3 is 16.6 Å². The molecule has 1 atom stereocenters. The predicted octanol–water partition coefficient (Wildman–Crippen LogP) is 2.46. The highest BCUT2D eigenvalue weighted by Crippen LogP contribution is 2.23. The predicted molar refractivity (Wildman–Crippen MR) is 130 cm³/mol. The molecule has 0 bridgehead atoms. The summed E-state index contributed by atoms with van der Waals surface area (Å²) in [5, 5.41) is 19.1. The molecule has 1 fully saturated rings. The van der Waals surface area contributed by atoms with Gasteiger partial charge in [0, 0.05) is 29.2 Å². The molecule has 0 saturated heterocycles. The number of guanidine groups is 1. The van der Waals surface area contributed by atoms with Crippen molar-refractivity contribution in [2.75, 3.05) is 6.54 Å². The van der Waals surface area contributed by atoms with E-state index in [0.717, 1.165) is 42.6 Å². The molecule has 1 aromatic rings. The lowest BCUT2D eigenvalue weighted by molar-refractivity contribution is -0.144. The van der Waals surface area contributed by atoms with E-state index in [1.54, 1.807) is 18.2 Å². The number of hydrogen-bond donors (Lipinski definition) is 5. The lowest BCUT2D eigenvalue weighted by Gasteiger charge is -2.35. The summed E-state index contributed by atoms with van der Waals surface area (Å²) in [5.41, 5.74) is 15.0. The standard InChI is InChI=1S/C22H32Cl2N6O4/c23-15-9-14(10-16(24)11-15)13-28-30(17-5-2-1-3-6-17)20(32)12-19(31)29(22(26)27)8-4-7-18(25)21(33)34/h9-11,17-18,28H,1-8,12-13,25H2,(H3,26,27)(H,33,34). The van der Waals surface area contributed by atoms with E-state index in [0.29, 0.717) is 16.6 Å². The van der Waals surface area contributed by atoms with Gasteiger partial charge in [-0.2, -0.15) is 0 Å². The zero-order chi connectivity index (χ0) is 25.3. The number of nitrogens with zero attached hydrogens (tertiary/aromatic N) is 2. The Labute approximate surface area is 209 Å². The molecule has 1 saturated carbocycles. The molecule has 7 N–H and O–H groups in total. The Morgan fingerprint density at radius 3 is 2.29 bits per heavy atom. The Morgan fingerprint density at radius 2 is 1.74 bits per heavy atom. The van der Waals surface area contributed by atoms with E-state index < -0.39 is 36.2 Å². The Bertz CT molecular complexity index is 874. The molecule has 1 aromatic carbocycles. The third-order valence-electron chi connectivity index (χ3n) is 5.69. The second kappa shape index (κ2) is 13.5. The fraction of sp³-hybridized carbons (Fsp3) is 0.545. The number of carboxylic acid groups (broad SMARTS) is 1. The van der Waals surface area contributed by atoms with Crippen molar-refractivity contribution in [1.82, 2.24) is 15.3 Å². The van der Waals surface area contributed by atoms with Crippen molar-refractivity contribution in [2.24, 2.45) is 11.5 Å². The first-order valence-electron chi connectivity index (χ1n) is 11.2. The molecule has 0 radical (unpaired) electrons. The molecule has 10 nitrogen and oxygen atoms in total. The Morgan fingerprint density at radius 1 is 1.12 bits per heavy atom. The van der Waals surface area contributed by atoms with Crippen LogP contribution < -0.4 is 16.9 Å². The summed E-state index contributed by atoms with van der Waals surface area (Å²) in [6, 6.07) is 3.97. The summed E-state index contributed by atoms with van der Waals surface area (Å²) in [4.78, 5) is 37.8. The molecule has 188 valence electrons. The quantitative estimate of drug-likeness (QED) is 0.131. The molecule has 0 aliphatic heterocycles. The van der Waals surface area contributed by atoms with Crippen LogP contribution in [-0.2, 0) is 20.9 Å². The Hall–Kier alpha value is -2.40. The van der Waals surface area contributed by atoms with Crippen LogP contribution in [0.25, 0.3) is 0 Å². The maximum absolute atomic E-state index is 13.2. The summed E-state index contributed by atoms with van der Waals surface area (Å²) in [7, 11) is 0. The first kappa shape index (κ1) is 27.8. The van der Waals surface area contributed by atoms with Gasteiger partial charge in [-0.25, -0.2) is 5.43 Å². The summed E-state index contributed by atoms with van der Waals surface area (Å²) in [6.07, 6.45) is 4.54. The van der Waals surface area contributed by atoms with E-state index in [1.807, 2.05) is 0 Å². The van der Waals surface area contributed by atoms with Gasteiger partial charge in [0.05, 0.1) is 0 Å². The van der Waals surface area contributed by atoms with Crippen molar-refractivity contribution < 1.29 is 19.5 Å². The van der Waals surface area contributed by atoms with Crippen molar-refractivity contribution in [2.45, 2.75) is 70.0 Å². The maximum atomic E-state index is 13.2. The zero-order valence-electron chi connectivity index (χ0n) is 18.9. The second-order valence-corrected chi connectivity index (χ2v) is 9.24. The van der Waals surface area contributed by atoms with E-state index in [4.69, 9.17) is 45.2 Å². The molecule has 0 aromatic heterocycles. The number of carbonyl (C=O) groups excluding carboxylic acids is 2. The van der Waals surface area contributed by atoms with E-state index in [2.05, 4.69) is 5.43 Å². The molecular formula is C22H32Cl2N6O4. The number of nitrogens with two attached hydrogens (primary N) is 2. The van der Waals surface area contributed by atoms with E-state index >= 15 is 0 Å². The fourth-order valence-electron chi connectivity index (χ4n) is 3.93. The molecule has 1 aliphatic carbocycles. The first-order valence-corrected chi connectivity index (χ1v) is 12.0. The number of hydrogen-bond acceptors (Lipinski definition) is 6. The molecule has 1 unspecified atom stereocenters. The van der Waals surface area contributed by atoms with Crippen molar-refractivity contribution in [3.05, 3.63) is 33.8 Å². The lowest BCUT2D eigenvalue weighted by Crippen LogP contribution is -2.52. The highest BCUT2D eigenvalue weighted by molar-refractivity contribution is 6.34. The smallest absolute Gasteiger partial charge is 0.320 e. The van der Waals surface area contributed by atoms with Crippen molar-refractivity contribution in [3.63, 3.8) is 0 Å². The van der Waals surface area contributed by atoms with Crippen molar-refractivity contribution in [3.8, 4) is 0 Å². The average Bonchev–Trinajstić information content (AvgIpc) is 2.76. The van der Waals surface area contributed by atoms with Crippen LogP contribution in [0.1, 0.15) is 56.9 Å². The van der Waals surface area contributed by atoms with Gasteiger partial charge in [-0.05, 0) is 49.4 Å². The third-order valence-corrected chi connectivity index (χ3v) is 6.13. The number of amides is 2. The van der Waals surface area contributed by atoms with Gasteiger partial charge in [0.15, 0.2) is 5.96 Å². The van der Waals surface area contributed by atoms with Crippen molar-refractivity contribution >= 4 is 46.9 Å². The van der Waals surface area contributed by atoms with Crippen LogP contribution in [-0.4, -0.2) is 57.4 Å². The molecule has 12 heteroatoms. The number of rotatable bonds is 11. The van der Waals surface area contributed by atoms with Crippen LogP contribution in [0.2, 0.25) is 10.0 Å². The van der Waals surface area contributed by atoms with E-state index in [1.165, 1.54) is 5.01 Å². The van der Waals surface area contributed by atoms with E-state index in [9.17, 15) is 14.4 Å². The summed E-state index contributed by atoms with van der Waals surface area (Å²) >= 11 is 12.1. The minimum Gasteiger partial charge on any atom is -0.480 e. The molecule has 2 amide bonds. The normalized spacial score (nSPS) is 14.9. The summed E-state index contributed by atoms with van der Waals surface area (Å²) < 4.78 is 0. The van der Waals surface area contributed by atoms with Crippen LogP contribution in [0.4, 0.5) is 0 Å². The van der Waals surface area contributed by atoms with Gasteiger partial charge >= 0.3 is 5.97 Å². The van der Waals surface area contributed by atoms with Crippen LogP contribution in [0.3, 0.4) is 0 Å². The number of aliphatic carboxylic acids is 1. The van der Waals surface area contributed by atoms with Gasteiger partial charge in [-0.15, -0.1) is 0 Å². The maximum Gasteiger partial charge on any atom is 0.320 e. The van der Waals surface area contributed by atoms with Crippen LogP contribution in [0.15, 0.2) is 18.2 Å². The van der Waals surface area contributed by atoms with Crippen molar-refractivity contribution in [1.29, 1.82) is 5.41 Å². The van der Waals surface area contributed by atoms with Gasteiger partial charge in [0.25, 0.3) is 0 Å². The molecule has 2 rings (SSSR count). The highest BCUT2D eigenvalue weighted by atomic mass is 35.5. The van der Waals surface area contributed by atoms with Crippen LogP contribution in [0.5, 0.6) is 0 Å². The summed E-state index contributed by atoms with van der Waals surface area (Å²) in [6.45, 7) is 0.292. The Kier molecular flexibility index (Phi) is 11.0. The van der Waals surface area contributed by atoms with Crippen LogP contribution in [0, 0.1) is 5.41 Å². The zero-order valence-corrected chi connectivity index (χ0v) is 20.4. The topological polar surface area (TPSA) is 166 Å². The number of benzene rings is 1. The monoisotopic (exact) mass is 514 g/mol. The Balaban J connectivity index is 2.05. The van der Waals surface area contributed by atoms with Gasteiger partial charge in [0.1, 0.15) is 12.5 Å². The third kappa shape index (κ3) is 8.75. The first-order chi connectivity index (χ1) is 16.1. The number of carbonyl (C=O) groups is 3. The molecule has 34 heavy (non-hydrogen) atoms. The molecule has 0 spiro atoms. The average molecular weight is 515 g/mol. The largest absolute Gasteiger partial charge is 0.480 e. The SMILES string of the molecule is N=C(N)N(CCCC(N)C(=O)O)C(=O)CC(=O)N(NCc1cc(Cl)cc(Cl)c1)C1CCCCC1. The lowest BCUT2D eigenvalue weighted by atomic mass is 9.95. The summed E-state index contributed by atoms with van der Waals surface area (Å²) in [5.74, 6) is -2.72. The van der Waals surface area contributed by atoms with E-state index in [-0.39, 0.29) is 25.4 Å². The number of hydrazine groups is 1. The molecule has 1 aliphatic rings. The highest BCUT2D eigenvalue weighted by Gasteiger charge is 2.29. The fourth-order valence-corrected chi connectivity index (χ4v) is 4.50. The number of nitrogens with one attached hydrogen (secondary N) is 2. The number of carboxylic acids is 1. The van der Waals surface area contributed by atoms with Gasteiger partial charge in [-0.3, -0.25) is 29.7 Å². The minimum absolute atomic E-state index is 0.000295. The van der Waals surface area contributed by atoms with Gasteiger partial charge in [-0.1, -0.05) is 42.5 Å². The van der Waals surface area contributed by atoms with Gasteiger partial charge in [0.2, 0.25) is 11.8 Å². The second-order valence-electron chi connectivity index (χ2n) is 8.36. The molecule has 0 heterocycles. The minimum atomic E-state index is -1.15. The van der Waals surface area contributed by atoms with Crippen LogP contribution >= 0.6 is 23.2 Å². The number of halogens is 2.